The lowest BCUT2D eigenvalue weighted by Gasteiger charge is -2.06. The molecule has 0 saturated heterocycles. The van der Waals surface area contributed by atoms with E-state index < -0.39 is 15.8 Å². The summed E-state index contributed by atoms with van der Waals surface area (Å²) in [7, 11) is -3.75. The maximum absolute atomic E-state index is 12.8. The van der Waals surface area contributed by atoms with E-state index in [1.807, 2.05) is 6.92 Å². The van der Waals surface area contributed by atoms with Crippen molar-refractivity contribution in [1.29, 1.82) is 0 Å². The zero-order valence-electron chi connectivity index (χ0n) is 11.7. The number of hydrogen-bond acceptors (Lipinski definition) is 5. The van der Waals surface area contributed by atoms with Gasteiger partial charge in [-0.15, -0.1) is 11.3 Å². The minimum atomic E-state index is -3.75. The van der Waals surface area contributed by atoms with Gasteiger partial charge in [-0.1, -0.05) is 0 Å². The van der Waals surface area contributed by atoms with Crippen molar-refractivity contribution in [3.8, 4) is 0 Å². The number of carbonyl (C=O) groups excluding carboxylic acids is 1. The molecule has 2 rings (SSSR count). The number of hydrogen-bond donors (Lipinski definition) is 2. The molecule has 0 fully saturated rings. The third-order valence-electron chi connectivity index (χ3n) is 2.64. The lowest BCUT2D eigenvalue weighted by Crippen LogP contribution is -2.27. The SMILES string of the molecule is Cc1cnc(NC(=O)CCNS(=O)(=O)c2ccc(F)cc2)s1. The van der Waals surface area contributed by atoms with Crippen LogP contribution in [-0.4, -0.2) is 25.9 Å². The molecule has 1 aromatic heterocycles. The fourth-order valence-corrected chi connectivity index (χ4v) is 3.30. The number of nitrogens with one attached hydrogen (secondary N) is 2. The summed E-state index contributed by atoms with van der Waals surface area (Å²) in [5.74, 6) is -0.853. The second-order valence-corrected chi connectivity index (χ2v) is 7.43. The Morgan fingerprint density at radius 1 is 1.32 bits per heavy atom. The van der Waals surface area contributed by atoms with Crippen LogP contribution >= 0.6 is 11.3 Å². The van der Waals surface area contributed by atoms with Gasteiger partial charge in [0.25, 0.3) is 0 Å². The number of sulfonamides is 1. The molecule has 1 amide bonds. The molecule has 9 heteroatoms. The Kier molecular flexibility index (Phi) is 5.22. The van der Waals surface area contributed by atoms with Crippen LogP contribution in [0.1, 0.15) is 11.3 Å². The van der Waals surface area contributed by atoms with Crippen molar-refractivity contribution in [2.45, 2.75) is 18.2 Å². The molecule has 0 bridgehead atoms. The summed E-state index contributed by atoms with van der Waals surface area (Å²) >= 11 is 1.34. The number of aromatic nitrogens is 1. The van der Waals surface area contributed by atoms with Gasteiger partial charge in [0.15, 0.2) is 5.13 Å². The quantitative estimate of drug-likeness (QED) is 0.838. The lowest BCUT2D eigenvalue weighted by atomic mass is 10.4. The topological polar surface area (TPSA) is 88.2 Å². The Morgan fingerprint density at radius 2 is 2.00 bits per heavy atom. The fraction of sp³-hybridized carbons (Fsp3) is 0.231. The first-order chi connectivity index (χ1) is 10.4. The average molecular weight is 343 g/mol. The van der Waals surface area contributed by atoms with Crippen molar-refractivity contribution in [1.82, 2.24) is 9.71 Å². The lowest BCUT2D eigenvalue weighted by molar-refractivity contribution is -0.116. The van der Waals surface area contributed by atoms with Crippen molar-refractivity contribution in [2.75, 3.05) is 11.9 Å². The first-order valence-electron chi connectivity index (χ1n) is 6.34. The molecule has 0 atom stereocenters. The number of anilines is 1. The molecular formula is C13H14FN3O3S2. The zero-order chi connectivity index (χ0) is 16.2. The molecule has 0 unspecified atom stereocenters. The highest BCUT2D eigenvalue weighted by atomic mass is 32.2. The van der Waals surface area contributed by atoms with Crippen molar-refractivity contribution in [2.24, 2.45) is 0 Å². The Balaban J connectivity index is 1.84. The molecule has 0 aliphatic rings. The minimum Gasteiger partial charge on any atom is -0.302 e. The Bertz CT molecular complexity index is 757. The molecule has 0 radical (unpaired) electrons. The van der Waals surface area contributed by atoms with E-state index in [9.17, 15) is 17.6 Å². The first-order valence-corrected chi connectivity index (χ1v) is 8.64. The first kappa shape index (κ1) is 16.5. The molecule has 118 valence electrons. The van der Waals surface area contributed by atoms with E-state index in [0.29, 0.717) is 5.13 Å². The van der Waals surface area contributed by atoms with E-state index in [0.717, 1.165) is 29.1 Å². The van der Waals surface area contributed by atoms with Crippen LogP contribution in [0, 0.1) is 12.7 Å². The molecule has 2 aromatic rings. The molecule has 0 saturated carbocycles. The molecule has 1 aromatic carbocycles. The number of nitrogens with zero attached hydrogens (tertiary/aromatic N) is 1. The van der Waals surface area contributed by atoms with Gasteiger partial charge in [-0.25, -0.2) is 22.5 Å². The standard InChI is InChI=1S/C13H14FN3O3S2/c1-9-8-15-13(21-9)17-12(18)6-7-16-22(19,20)11-4-2-10(14)3-5-11/h2-5,8,16H,6-7H2,1H3,(H,15,17,18). The Hall–Kier alpha value is -1.84. The van der Waals surface area contributed by atoms with Gasteiger partial charge in [0, 0.05) is 24.0 Å². The molecule has 2 N–H and O–H groups in total. The number of thiazole rings is 1. The average Bonchev–Trinajstić information content (AvgIpc) is 2.84. The van der Waals surface area contributed by atoms with E-state index in [2.05, 4.69) is 15.0 Å². The highest BCUT2D eigenvalue weighted by Gasteiger charge is 2.14. The van der Waals surface area contributed by atoms with Crippen LogP contribution < -0.4 is 10.0 Å². The van der Waals surface area contributed by atoms with Crippen LogP contribution in [-0.2, 0) is 14.8 Å². The molecule has 0 aliphatic heterocycles. The van der Waals surface area contributed by atoms with Gasteiger partial charge in [0.1, 0.15) is 5.82 Å². The third-order valence-corrected chi connectivity index (χ3v) is 4.94. The van der Waals surface area contributed by atoms with Gasteiger partial charge >= 0.3 is 0 Å². The fourth-order valence-electron chi connectivity index (χ4n) is 1.59. The molecule has 6 nitrogen and oxygen atoms in total. The molecular weight excluding hydrogens is 329 g/mol. The summed E-state index contributed by atoms with van der Waals surface area (Å²) < 4.78 is 38.9. The number of aryl methyl sites for hydroxylation is 1. The van der Waals surface area contributed by atoms with Gasteiger partial charge in [-0.05, 0) is 31.2 Å². The third kappa shape index (κ3) is 4.58. The van der Waals surface area contributed by atoms with Crippen molar-refractivity contribution >= 4 is 32.4 Å². The number of halogens is 1. The summed E-state index contributed by atoms with van der Waals surface area (Å²) in [6, 6.07) is 4.45. The van der Waals surface area contributed by atoms with Crippen molar-refractivity contribution < 1.29 is 17.6 Å². The smallest absolute Gasteiger partial charge is 0.240 e. The van der Waals surface area contributed by atoms with Crippen LogP contribution in [0.5, 0.6) is 0 Å². The van der Waals surface area contributed by atoms with E-state index in [1.165, 1.54) is 11.3 Å². The van der Waals surface area contributed by atoms with Gasteiger partial charge < -0.3 is 5.32 Å². The highest BCUT2D eigenvalue weighted by Crippen LogP contribution is 2.16. The van der Waals surface area contributed by atoms with Crippen molar-refractivity contribution in [3.05, 3.63) is 41.2 Å². The van der Waals surface area contributed by atoms with E-state index in [4.69, 9.17) is 0 Å². The van der Waals surface area contributed by atoms with Gasteiger partial charge in [-0.2, -0.15) is 0 Å². The normalized spacial score (nSPS) is 11.4. The van der Waals surface area contributed by atoms with E-state index >= 15 is 0 Å². The Morgan fingerprint density at radius 3 is 2.59 bits per heavy atom. The largest absolute Gasteiger partial charge is 0.302 e. The van der Waals surface area contributed by atoms with Gasteiger partial charge in [-0.3, -0.25) is 4.79 Å². The second kappa shape index (κ2) is 6.95. The molecule has 0 spiro atoms. The zero-order valence-corrected chi connectivity index (χ0v) is 13.3. The molecule has 22 heavy (non-hydrogen) atoms. The Labute approximate surface area is 131 Å². The number of amides is 1. The van der Waals surface area contributed by atoms with Gasteiger partial charge in [0.2, 0.25) is 15.9 Å². The van der Waals surface area contributed by atoms with Crippen LogP contribution in [0.15, 0.2) is 35.4 Å². The molecule has 0 aliphatic carbocycles. The number of carbonyl (C=O) groups is 1. The molecule has 1 heterocycles. The van der Waals surface area contributed by atoms with E-state index in [-0.39, 0.29) is 23.8 Å². The highest BCUT2D eigenvalue weighted by molar-refractivity contribution is 7.89. The summed E-state index contributed by atoms with van der Waals surface area (Å²) in [4.78, 5) is 16.6. The van der Waals surface area contributed by atoms with Gasteiger partial charge in [0.05, 0.1) is 4.90 Å². The predicted molar refractivity (Wildman–Crippen MR) is 81.7 cm³/mol. The van der Waals surface area contributed by atoms with Crippen LogP contribution in [0.3, 0.4) is 0 Å². The second-order valence-electron chi connectivity index (χ2n) is 4.43. The minimum absolute atomic E-state index is 0.0287. The summed E-state index contributed by atoms with van der Waals surface area (Å²) in [6.07, 6.45) is 1.61. The maximum atomic E-state index is 12.8. The van der Waals surface area contributed by atoms with E-state index in [1.54, 1.807) is 6.20 Å². The maximum Gasteiger partial charge on any atom is 0.240 e. The summed E-state index contributed by atoms with van der Waals surface area (Å²) in [5.41, 5.74) is 0. The number of benzene rings is 1. The van der Waals surface area contributed by atoms with Crippen LogP contribution in [0.4, 0.5) is 9.52 Å². The van der Waals surface area contributed by atoms with Crippen molar-refractivity contribution in [3.63, 3.8) is 0 Å². The predicted octanol–water partition coefficient (Wildman–Crippen LogP) is 1.90. The summed E-state index contributed by atoms with van der Waals surface area (Å²) in [5, 5.41) is 3.06. The van der Waals surface area contributed by atoms with Crippen LogP contribution in [0.25, 0.3) is 0 Å². The number of rotatable bonds is 6. The summed E-state index contributed by atoms with van der Waals surface area (Å²) in [6.45, 7) is 1.81. The van der Waals surface area contributed by atoms with Crippen LogP contribution in [0.2, 0.25) is 0 Å². The monoisotopic (exact) mass is 343 g/mol.